The second kappa shape index (κ2) is 6.24. The van der Waals surface area contributed by atoms with E-state index in [0.29, 0.717) is 11.4 Å². The molecular weight excluding hydrogens is 272 g/mol. The van der Waals surface area contributed by atoms with Gasteiger partial charge in [-0.2, -0.15) is 0 Å². The van der Waals surface area contributed by atoms with Crippen LogP contribution in [0.1, 0.15) is 44.1 Å². The molecule has 1 aliphatic rings. The van der Waals surface area contributed by atoms with Gasteiger partial charge in [0.05, 0.1) is 4.90 Å². The van der Waals surface area contributed by atoms with Crippen molar-refractivity contribution in [2.45, 2.75) is 55.9 Å². The number of aryl methyl sites for hydroxylation is 1. The number of hydrogen-bond acceptors (Lipinski definition) is 3. The third kappa shape index (κ3) is 3.40. The number of rotatable bonds is 4. The Morgan fingerprint density at radius 2 is 1.75 bits per heavy atom. The third-order valence-corrected chi connectivity index (χ3v) is 5.92. The molecule has 0 unspecified atom stereocenters. The predicted octanol–water partition coefficient (Wildman–Crippen LogP) is 2.33. The van der Waals surface area contributed by atoms with Crippen molar-refractivity contribution in [2.24, 2.45) is 5.73 Å². The van der Waals surface area contributed by atoms with Gasteiger partial charge in [0.1, 0.15) is 0 Å². The molecule has 20 heavy (non-hydrogen) atoms. The van der Waals surface area contributed by atoms with Crippen molar-refractivity contribution in [1.82, 2.24) is 4.72 Å². The smallest absolute Gasteiger partial charge is 0.241 e. The van der Waals surface area contributed by atoms with Crippen LogP contribution in [-0.4, -0.2) is 20.5 Å². The Bertz CT molecular complexity index is 547. The lowest BCUT2D eigenvalue weighted by molar-refractivity contribution is 0.342. The fourth-order valence-corrected chi connectivity index (χ4v) is 4.67. The molecule has 0 saturated heterocycles. The standard InChI is InChI=1S/C15H24N2O2S/c1-13-8-4-5-9-14(13)20(18,19)17-15(12-16)10-6-2-3-7-11-15/h4-5,8-9,17H,2-3,6-7,10-12,16H2,1H3. The highest BCUT2D eigenvalue weighted by Gasteiger charge is 2.34. The summed E-state index contributed by atoms with van der Waals surface area (Å²) in [5.74, 6) is 0. The Labute approximate surface area is 121 Å². The van der Waals surface area contributed by atoms with Crippen LogP contribution in [0, 0.1) is 6.92 Å². The molecule has 0 spiro atoms. The molecule has 1 aromatic rings. The van der Waals surface area contributed by atoms with Crippen molar-refractivity contribution >= 4 is 10.0 Å². The lowest BCUT2D eigenvalue weighted by Gasteiger charge is -2.32. The normalized spacial score (nSPS) is 19.5. The van der Waals surface area contributed by atoms with Crippen molar-refractivity contribution < 1.29 is 8.42 Å². The highest BCUT2D eigenvalue weighted by Crippen LogP contribution is 2.28. The molecule has 0 bridgehead atoms. The van der Waals surface area contributed by atoms with E-state index in [-0.39, 0.29) is 0 Å². The average Bonchev–Trinajstić information content (AvgIpc) is 2.64. The first-order valence-corrected chi connectivity index (χ1v) is 8.77. The zero-order valence-corrected chi connectivity index (χ0v) is 12.9. The van der Waals surface area contributed by atoms with E-state index >= 15 is 0 Å². The van der Waals surface area contributed by atoms with Crippen LogP contribution in [-0.2, 0) is 10.0 Å². The summed E-state index contributed by atoms with van der Waals surface area (Å²) in [5.41, 5.74) is 6.19. The molecule has 0 heterocycles. The average molecular weight is 296 g/mol. The second-order valence-corrected chi connectivity index (χ2v) is 7.42. The van der Waals surface area contributed by atoms with Gasteiger partial charge in [0.15, 0.2) is 0 Å². The third-order valence-electron chi connectivity index (χ3n) is 4.19. The molecule has 1 fully saturated rings. The maximum absolute atomic E-state index is 12.6. The first kappa shape index (κ1) is 15.5. The molecule has 5 heteroatoms. The van der Waals surface area contributed by atoms with Crippen molar-refractivity contribution in [2.75, 3.05) is 6.54 Å². The maximum Gasteiger partial charge on any atom is 0.241 e. The molecule has 0 radical (unpaired) electrons. The highest BCUT2D eigenvalue weighted by molar-refractivity contribution is 7.89. The van der Waals surface area contributed by atoms with Crippen molar-refractivity contribution in [3.05, 3.63) is 29.8 Å². The Morgan fingerprint density at radius 1 is 1.15 bits per heavy atom. The lowest BCUT2D eigenvalue weighted by Crippen LogP contribution is -2.53. The van der Waals surface area contributed by atoms with Crippen LogP contribution in [0.25, 0.3) is 0 Å². The second-order valence-electron chi connectivity index (χ2n) is 5.77. The number of nitrogens with one attached hydrogen (secondary N) is 1. The number of benzene rings is 1. The molecule has 3 N–H and O–H groups in total. The Kier molecular flexibility index (Phi) is 4.83. The zero-order valence-electron chi connectivity index (χ0n) is 12.1. The summed E-state index contributed by atoms with van der Waals surface area (Å²) >= 11 is 0. The van der Waals surface area contributed by atoms with E-state index in [1.54, 1.807) is 12.1 Å². The van der Waals surface area contributed by atoms with Gasteiger partial charge in [-0.3, -0.25) is 0 Å². The van der Waals surface area contributed by atoms with E-state index in [2.05, 4.69) is 4.72 Å². The van der Waals surface area contributed by atoms with Crippen molar-refractivity contribution in [3.8, 4) is 0 Å². The summed E-state index contributed by atoms with van der Waals surface area (Å²) in [5, 5.41) is 0. The molecule has 0 aliphatic heterocycles. The van der Waals surface area contributed by atoms with Crippen LogP contribution in [0.3, 0.4) is 0 Å². The van der Waals surface area contributed by atoms with Gasteiger partial charge in [0.25, 0.3) is 0 Å². The summed E-state index contributed by atoms with van der Waals surface area (Å²) < 4.78 is 28.2. The highest BCUT2D eigenvalue weighted by atomic mass is 32.2. The fourth-order valence-electron chi connectivity index (χ4n) is 2.95. The minimum absolute atomic E-state index is 0.358. The number of sulfonamides is 1. The van der Waals surface area contributed by atoms with Crippen LogP contribution in [0.15, 0.2) is 29.2 Å². The van der Waals surface area contributed by atoms with Gasteiger partial charge >= 0.3 is 0 Å². The first-order chi connectivity index (χ1) is 9.49. The minimum atomic E-state index is -3.51. The molecule has 0 amide bonds. The first-order valence-electron chi connectivity index (χ1n) is 7.29. The van der Waals surface area contributed by atoms with Gasteiger partial charge in [0, 0.05) is 12.1 Å². The van der Waals surface area contributed by atoms with Gasteiger partial charge in [-0.15, -0.1) is 0 Å². The van der Waals surface area contributed by atoms with Crippen LogP contribution in [0.4, 0.5) is 0 Å². The van der Waals surface area contributed by atoms with Gasteiger partial charge in [0.2, 0.25) is 10.0 Å². The van der Waals surface area contributed by atoms with Crippen LogP contribution in [0.2, 0.25) is 0 Å². The molecule has 1 saturated carbocycles. The topological polar surface area (TPSA) is 72.2 Å². The quantitative estimate of drug-likeness (QED) is 0.838. The number of hydrogen-bond donors (Lipinski definition) is 2. The Morgan fingerprint density at radius 3 is 2.30 bits per heavy atom. The maximum atomic E-state index is 12.6. The summed E-state index contributed by atoms with van der Waals surface area (Å²) in [4.78, 5) is 0.358. The molecular formula is C15H24N2O2S. The molecule has 2 rings (SSSR count). The van der Waals surface area contributed by atoms with E-state index in [0.717, 1.165) is 44.1 Å². The van der Waals surface area contributed by atoms with E-state index in [1.165, 1.54) is 0 Å². The lowest BCUT2D eigenvalue weighted by atomic mass is 9.92. The monoisotopic (exact) mass is 296 g/mol. The number of nitrogens with two attached hydrogens (primary N) is 1. The van der Waals surface area contributed by atoms with Gasteiger partial charge in [-0.05, 0) is 31.4 Å². The van der Waals surface area contributed by atoms with Crippen molar-refractivity contribution in [3.63, 3.8) is 0 Å². The molecule has 112 valence electrons. The van der Waals surface area contributed by atoms with Gasteiger partial charge in [-0.25, -0.2) is 13.1 Å². The fraction of sp³-hybridized carbons (Fsp3) is 0.600. The van der Waals surface area contributed by atoms with Crippen molar-refractivity contribution in [1.29, 1.82) is 0 Å². The molecule has 0 aromatic heterocycles. The van der Waals surface area contributed by atoms with Crippen LogP contribution in [0.5, 0.6) is 0 Å². The van der Waals surface area contributed by atoms with Gasteiger partial charge < -0.3 is 5.73 Å². The largest absolute Gasteiger partial charge is 0.329 e. The summed E-state index contributed by atoms with van der Waals surface area (Å²) in [6, 6.07) is 7.07. The van der Waals surface area contributed by atoms with E-state index in [1.807, 2.05) is 19.1 Å². The summed E-state index contributed by atoms with van der Waals surface area (Å²) in [6.07, 6.45) is 6.05. The van der Waals surface area contributed by atoms with Crippen LogP contribution < -0.4 is 10.5 Å². The van der Waals surface area contributed by atoms with E-state index in [4.69, 9.17) is 5.73 Å². The molecule has 1 aromatic carbocycles. The van der Waals surface area contributed by atoms with E-state index in [9.17, 15) is 8.42 Å². The molecule has 4 nitrogen and oxygen atoms in total. The Balaban J connectivity index is 2.28. The van der Waals surface area contributed by atoms with Gasteiger partial charge in [-0.1, -0.05) is 43.9 Å². The summed E-state index contributed by atoms with van der Waals surface area (Å²) in [6.45, 7) is 2.18. The summed E-state index contributed by atoms with van der Waals surface area (Å²) in [7, 11) is -3.51. The SMILES string of the molecule is Cc1ccccc1S(=O)(=O)NC1(CN)CCCCCC1. The molecule has 1 aliphatic carbocycles. The molecule has 0 atom stereocenters. The predicted molar refractivity (Wildman–Crippen MR) is 81.0 cm³/mol. The zero-order chi connectivity index (χ0) is 14.6. The van der Waals surface area contributed by atoms with E-state index < -0.39 is 15.6 Å². The Hall–Kier alpha value is -0.910. The van der Waals surface area contributed by atoms with Crippen LogP contribution >= 0.6 is 0 Å². The minimum Gasteiger partial charge on any atom is -0.329 e.